The van der Waals surface area contributed by atoms with Crippen LogP contribution in [0.3, 0.4) is 0 Å². The molecule has 0 spiro atoms. The number of hydrogen-bond donors (Lipinski definition) is 2. The van der Waals surface area contributed by atoms with Crippen molar-refractivity contribution in [2.45, 2.75) is 6.92 Å². The van der Waals surface area contributed by atoms with Gasteiger partial charge in [-0.1, -0.05) is 22.9 Å². The molecule has 1 aromatic carbocycles. The van der Waals surface area contributed by atoms with E-state index in [9.17, 15) is 9.59 Å². The van der Waals surface area contributed by atoms with Crippen molar-refractivity contribution in [2.75, 3.05) is 16.8 Å². The lowest BCUT2D eigenvalue weighted by atomic mass is 10.2. The first-order valence-corrected chi connectivity index (χ1v) is 8.19. The standard InChI is InChI=1S/C12H13Br2NO3S/c1-7(12(17)18)5-19-6-11(16)15-10-3-2-8(13)4-9(10)14/h2-4,7H,5-6H2,1H3,(H,15,16)(H,17,18). The number of halogens is 2. The SMILES string of the molecule is CC(CSCC(=O)Nc1ccc(Br)cc1Br)C(=O)O. The third-order valence-corrected chi connectivity index (χ3v) is 4.58. The second kappa shape index (κ2) is 7.91. The van der Waals surface area contributed by atoms with Crippen molar-refractivity contribution in [2.24, 2.45) is 5.92 Å². The summed E-state index contributed by atoms with van der Waals surface area (Å²) in [6.07, 6.45) is 0. The Balaban J connectivity index is 2.41. The van der Waals surface area contributed by atoms with Gasteiger partial charge in [0.15, 0.2) is 0 Å². The first-order chi connectivity index (χ1) is 8.90. The number of thioether (sulfide) groups is 1. The molecule has 0 saturated carbocycles. The van der Waals surface area contributed by atoms with Crippen LogP contribution in [0.5, 0.6) is 0 Å². The van der Waals surface area contributed by atoms with Crippen molar-refractivity contribution in [1.29, 1.82) is 0 Å². The van der Waals surface area contributed by atoms with Gasteiger partial charge < -0.3 is 10.4 Å². The highest BCUT2D eigenvalue weighted by molar-refractivity contribution is 9.11. The molecule has 0 aliphatic rings. The van der Waals surface area contributed by atoms with Gasteiger partial charge in [-0.25, -0.2) is 0 Å². The second-order valence-corrected chi connectivity index (χ2v) is 6.73. The fraction of sp³-hybridized carbons (Fsp3) is 0.333. The van der Waals surface area contributed by atoms with Crippen molar-refractivity contribution >= 4 is 61.2 Å². The van der Waals surface area contributed by atoms with Crippen LogP contribution in [0, 0.1) is 5.92 Å². The summed E-state index contributed by atoms with van der Waals surface area (Å²) in [7, 11) is 0. The largest absolute Gasteiger partial charge is 0.481 e. The van der Waals surface area contributed by atoms with Gasteiger partial charge in [0.25, 0.3) is 0 Å². The maximum atomic E-state index is 11.7. The molecule has 0 bridgehead atoms. The minimum atomic E-state index is -0.844. The summed E-state index contributed by atoms with van der Waals surface area (Å²) in [5.74, 6) is -0.781. The lowest BCUT2D eigenvalue weighted by molar-refractivity contribution is -0.140. The third kappa shape index (κ3) is 5.97. The lowest BCUT2D eigenvalue weighted by Gasteiger charge is -2.08. The number of carboxylic acids is 1. The summed E-state index contributed by atoms with van der Waals surface area (Å²) in [5, 5.41) is 11.5. The van der Waals surface area contributed by atoms with E-state index in [4.69, 9.17) is 5.11 Å². The molecule has 0 aliphatic heterocycles. The van der Waals surface area contributed by atoms with Crippen LogP contribution < -0.4 is 5.32 Å². The predicted octanol–water partition coefficient (Wildman–Crippen LogP) is 3.60. The smallest absolute Gasteiger partial charge is 0.307 e. The molecule has 4 nitrogen and oxygen atoms in total. The van der Waals surface area contributed by atoms with Crippen LogP contribution >= 0.6 is 43.6 Å². The van der Waals surface area contributed by atoms with Crippen molar-refractivity contribution in [3.63, 3.8) is 0 Å². The zero-order valence-electron chi connectivity index (χ0n) is 10.2. The number of anilines is 1. The molecule has 1 rings (SSSR count). The van der Waals surface area contributed by atoms with Gasteiger partial charge in [-0.3, -0.25) is 9.59 Å². The Labute approximate surface area is 132 Å². The third-order valence-electron chi connectivity index (χ3n) is 2.23. The Kier molecular flexibility index (Phi) is 6.88. The van der Waals surface area contributed by atoms with E-state index in [1.807, 2.05) is 12.1 Å². The number of hydrogen-bond acceptors (Lipinski definition) is 3. The van der Waals surface area contributed by atoms with Gasteiger partial charge in [0, 0.05) is 14.7 Å². The Bertz CT molecular complexity index is 482. The maximum absolute atomic E-state index is 11.7. The second-order valence-electron chi connectivity index (χ2n) is 3.93. The van der Waals surface area contributed by atoms with E-state index < -0.39 is 11.9 Å². The van der Waals surface area contributed by atoms with Crippen molar-refractivity contribution in [1.82, 2.24) is 0 Å². The molecule has 104 valence electrons. The van der Waals surface area contributed by atoms with Crippen LogP contribution in [-0.4, -0.2) is 28.5 Å². The molecular formula is C12H13Br2NO3S. The van der Waals surface area contributed by atoms with E-state index in [0.717, 1.165) is 8.95 Å². The molecule has 1 aromatic rings. The number of amides is 1. The zero-order valence-corrected chi connectivity index (χ0v) is 14.1. The van der Waals surface area contributed by atoms with Gasteiger partial charge in [-0.2, -0.15) is 11.8 Å². The quantitative estimate of drug-likeness (QED) is 0.751. The lowest BCUT2D eigenvalue weighted by Crippen LogP contribution is -2.17. The van der Waals surface area contributed by atoms with Crippen LogP contribution in [0.1, 0.15) is 6.92 Å². The number of carboxylic acid groups (broad SMARTS) is 1. The normalized spacial score (nSPS) is 11.9. The van der Waals surface area contributed by atoms with Crippen LogP contribution in [0.15, 0.2) is 27.1 Å². The van der Waals surface area contributed by atoms with Crippen molar-refractivity contribution < 1.29 is 14.7 Å². The summed E-state index contributed by atoms with van der Waals surface area (Å²) in [6.45, 7) is 1.62. The highest BCUT2D eigenvalue weighted by Gasteiger charge is 2.12. The molecule has 0 aliphatic carbocycles. The van der Waals surface area contributed by atoms with Gasteiger partial charge >= 0.3 is 5.97 Å². The summed E-state index contributed by atoms with van der Waals surface area (Å²) < 4.78 is 1.71. The fourth-order valence-electron chi connectivity index (χ4n) is 1.18. The van der Waals surface area contributed by atoms with Crippen LogP contribution in [0.2, 0.25) is 0 Å². The van der Waals surface area contributed by atoms with E-state index >= 15 is 0 Å². The molecule has 0 heterocycles. The molecule has 7 heteroatoms. The summed E-state index contributed by atoms with van der Waals surface area (Å²) >= 11 is 8.00. The minimum Gasteiger partial charge on any atom is -0.481 e. The number of benzene rings is 1. The van der Waals surface area contributed by atoms with Crippen LogP contribution in [0.4, 0.5) is 5.69 Å². The van der Waals surface area contributed by atoms with Gasteiger partial charge in [0.1, 0.15) is 0 Å². The van der Waals surface area contributed by atoms with E-state index in [1.165, 1.54) is 11.8 Å². The van der Waals surface area contributed by atoms with E-state index in [0.29, 0.717) is 11.4 Å². The van der Waals surface area contributed by atoms with Gasteiger partial charge in [-0.05, 0) is 34.1 Å². The van der Waals surface area contributed by atoms with Crippen molar-refractivity contribution in [3.8, 4) is 0 Å². The Morgan fingerprint density at radius 1 is 1.42 bits per heavy atom. The predicted molar refractivity (Wildman–Crippen MR) is 84.6 cm³/mol. The molecule has 2 N–H and O–H groups in total. The molecule has 1 amide bonds. The summed E-state index contributed by atoms with van der Waals surface area (Å²) in [4.78, 5) is 22.3. The number of aliphatic carboxylic acids is 1. The number of nitrogens with one attached hydrogen (secondary N) is 1. The molecule has 19 heavy (non-hydrogen) atoms. The van der Waals surface area contributed by atoms with Crippen molar-refractivity contribution in [3.05, 3.63) is 27.1 Å². The van der Waals surface area contributed by atoms with Gasteiger partial charge in [0.05, 0.1) is 17.4 Å². The molecule has 0 radical (unpaired) electrons. The zero-order chi connectivity index (χ0) is 14.4. The summed E-state index contributed by atoms with van der Waals surface area (Å²) in [6, 6.07) is 5.46. The highest BCUT2D eigenvalue weighted by atomic mass is 79.9. The molecule has 1 atom stereocenters. The average Bonchev–Trinajstić information content (AvgIpc) is 2.32. The highest BCUT2D eigenvalue weighted by Crippen LogP contribution is 2.26. The van der Waals surface area contributed by atoms with E-state index in [-0.39, 0.29) is 11.7 Å². The monoisotopic (exact) mass is 409 g/mol. The fourth-order valence-corrected chi connectivity index (χ4v) is 3.19. The Morgan fingerprint density at radius 3 is 2.68 bits per heavy atom. The number of rotatable bonds is 6. The first-order valence-electron chi connectivity index (χ1n) is 5.45. The molecular weight excluding hydrogens is 398 g/mol. The van der Waals surface area contributed by atoms with E-state index in [1.54, 1.807) is 13.0 Å². The molecule has 1 unspecified atom stereocenters. The topological polar surface area (TPSA) is 66.4 Å². The first kappa shape index (κ1) is 16.5. The van der Waals surface area contributed by atoms with Crippen LogP contribution in [0.25, 0.3) is 0 Å². The molecule has 0 aromatic heterocycles. The van der Waals surface area contributed by atoms with E-state index in [2.05, 4.69) is 37.2 Å². The number of carbonyl (C=O) groups excluding carboxylic acids is 1. The van der Waals surface area contributed by atoms with Crippen LogP contribution in [-0.2, 0) is 9.59 Å². The minimum absolute atomic E-state index is 0.148. The Hall–Kier alpha value is -0.530. The molecule has 0 fully saturated rings. The van der Waals surface area contributed by atoms with Gasteiger partial charge in [0.2, 0.25) is 5.91 Å². The maximum Gasteiger partial charge on any atom is 0.307 e. The average molecular weight is 411 g/mol. The Morgan fingerprint density at radius 2 is 2.11 bits per heavy atom. The summed E-state index contributed by atoms with van der Waals surface area (Å²) in [5.41, 5.74) is 0.695. The number of carbonyl (C=O) groups is 2. The molecule has 0 saturated heterocycles. The van der Waals surface area contributed by atoms with Gasteiger partial charge in [-0.15, -0.1) is 0 Å².